The molecule has 0 radical (unpaired) electrons. The predicted molar refractivity (Wildman–Crippen MR) is 55.9 cm³/mol. The molecule has 82 valence electrons. The first kappa shape index (κ1) is 12.5. The minimum atomic E-state index is -2.73. The van der Waals surface area contributed by atoms with Crippen molar-refractivity contribution in [2.24, 2.45) is 0 Å². The van der Waals surface area contributed by atoms with Crippen molar-refractivity contribution in [1.29, 1.82) is 10.5 Å². The van der Waals surface area contributed by atoms with Crippen LogP contribution in [-0.2, 0) is 11.8 Å². The fraction of sp³-hybridized carbons (Fsp3) is 0.300. The molecule has 1 heterocycles. The molecule has 0 aliphatic carbocycles. The van der Waals surface area contributed by atoms with Gasteiger partial charge in [-0.1, -0.05) is 15.9 Å². The molecule has 16 heavy (non-hydrogen) atoms. The molecule has 0 aliphatic heterocycles. The third-order valence-electron chi connectivity index (χ3n) is 1.94. The number of rotatable bonds is 3. The Kier molecular flexibility index (Phi) is 4.33. The molecule has 1 aromatic rings. The highest BCUT2D eigenvalue weighted by Gasteiger charge is 2.17. The molecule has 0 unspecified atom stereocenters. The van der Waals surface area contributed by atoms with Gasteiger partial charge in [0.2, 0.25) is 0 Å². The summed E-state index contributed by atoms with van der Waals surface area (Å²) < 4.78 is 25.3. The van der Waals surface area contributed by atoms with E-state index in [0.29, 0.717) is 5.69 Å². The minimum Gasteiger partial charge on any atom is -0.254 e. The van der Waals surface area contributed by atoms with E-state index in [0.717, 1.165) is 6.07 Å². The van der Waals surface area contributed by atoms with E-state index in [4.69, 9.17) is 10.5 Å². The zero-order valence-electron chi connectivity index (χ0n) is 8.04. The Labute approximate surface area is 99.5 Å². The van der Waals surface area contributed by atoms with Crippen molar-refractivity contribution >= 4 is 15.9 Å². The van der Waals surface area contributed by atoms with Crippen LogP contribution in [0.15, 0.2) is 6.07 Å². The lowest BCUT2D eigenvalue weighted by atomic mass is 10.1. The van der Waals surface area contributed by atoms with E-state index in [9.17, 15) is 8.78 Å². The molecular formula is C10H6BrF2N3. The number of nitrogens with zero attached hydrogens (tertiary/aromatic N) is 3. The lowest BCUT2D eigenvalue weighted by Gasteiger charge is -2.08. The summed E-state index contributed by atoms with van der Waals surface area (Å²) in [5.74, 6) is 0. The second-order valence-corrected chi connectivity index (χ2v) is 3.46. The van der Waals surface area contributed by atoms with Gasteiger partial charge in [-0.05, 0) is 6.07 Å². The van der Waals surface area contributed by atoms with Crippen molar-refractivity contribution in [2.45, 2.75) is 18.2 Å². The lowest BCUT2D eigenvalue weighted by Crippen LogP contribution is -2.03. The summed E-state index contributed by atoms with van der Waals surface area (Å²) in [6.45, 7) is 0. The monoisotopic (exact) mass is 285 g/mol. The summed E-state index contributed by atoms with van der Waals surface area (Å²) in [7, 11) is 0. The first-order chi connectivity index (χ1) is 7.63. The molecule has 1 aromatic heterocycles. The van der Waals surface area contributed by atoms with E-state index in [2.05, 4.69) is 20.9 Å². The van der Waals surface area contributed by atoms with Gasteiger partial charge < -0.3 is 0 Å². The van der Waals surface area contributed by atoms with Gasteiger partial charge >= 0.3 is 0 Å². The maximum atomic E-state index is 12.6. The smallest absolute Gasteiger partial charge is 0.254 e. The van der Waals surface area contributed by atoms with Crippen LogP contribution in [0.1, 0.15) is 28.9 Å². The largest absolute Gasteiger partial charge is 0.265 e. The second-order valence-electron chi connectivity index (χ2n) is 2.90. The van der Waals surface area contributed by atoms with E-state index < -0.39 is 6.43 Å². The Balaban J connectivity index is 3.38. The maximum Gasteiger partial charge on any atom is 0.265 e. The highest BCUT2D eigenvalue weighted by atomic mass is 79.9. The Bertz CT molecular complexity index is 474. The van der Waals surface area contributed by atoms with E-state index in [-0.39, 0.29) is 28.6 Å². The molecule has 1 rings (SSSR count). The van der Waals surface area contributed by atoms with Crippen LogP contribution in [0.3, 0.4) is 0 Å². The second kappa shape index (κ2) is 5.53. The summed E-state index contributed by atoms with van der Waals surface area (Å²) >= 11 is 3.11. The van der Waals surface area contributed by atoms with E-state index >= 15 is 0 Å². The minimum absolute atomic E-state index is 0.0333. The molecule has 0 aromatic carbocycles. The molecule has 0 aliphatic rings. The van der Waals surface area contributed by atoms with Crippen LogP contribution in [0.4, 0.5) is 8.78 Å². The molecule has 0 bridgehead atoms. The van der Waals surface area contributed by atoms with Gasteiger partial charge in [-0.3, -0.25) is 4.98 Å². The van der Waals surface area contributed by atoms with Gasteiger partial charge in [0.25, 0.3) is 6.43 Å². The number of halogens is 3. The van der Waals surface area contributed by atoms with Gasteiger partial charge in [-0.2, -0.15) is 10.5 Å². The SMILES string of the molecule is N#CCc1nc(CBr)c(C#N)cc1C(F)F. The van der Waals surface area contributed by atoms with Crippen LogP contribution in [0.25, 0.3) is 0 Å². The van der Waals surface area contributed by atoms with Gasteiger partial charge in [0.15, 0.2) is 0 Å². The van der Waals surface area contributed by atoms with E-state index in [1.54, 1.807) is 12.1 Å². The Morgan fingerprint density at radius 3 is 2.50 bits per heavy atom. The molecule has 6 heteroatoms. The Morgan fingerprint density at radius 2 is 2.06 bits per heavy atom. The fourth-order valence-corrected chi connectivity index (χ4v) is 1.64. The molecule has 3 nitrogen and oxygen atoms in total. The van der Waals surface area contributed by atoms with Gasteiger partial charge in [-0.25, -0.2) is 8.78 Å². The first-order valence-electron chi connectivity index (χ1n) is 4.27. The van der Waals surface area contributed by atoms with Crippen molar-refractivity contribution in [3.8, 4) is 12.1 Å². The number of hydrogen-bond acceptors (Lipinski definition) is 3. The van der Waals surface area contributed by atoms with Crippen LogP contribution in [-0.4, -0.2) is 4.98 Å². The molecule has 0 saturated heterocycles. The van der Waals surface area contributed by atoms with Crippen LogP contribution in [0, 0.1) is 22.7 Å². The summed E-state index contributed by atoms with van der Waals surface area (Å²) in [6, 6.07) is 4.67. The number of alkyl halides is 3. The summed E-state index contributed by atoms with van der Waals surface area (Å²) in [6.07, 6.45) is -2.92. The number of aromatic nitrogens is 1. The number of hydrogen-bond donors (Lipinski definition) is 0. The van der Waals surface area contributed by atoms with Gasteiger partial charge in [0.05, 0.1) is 29.4 Å². The normalized spacial score (nSPS) is 9.88. The van der Waals surface area contributed by atoms with Crippen LogP contribution in [0.5, 0.6) is 0 Å². The summed E-state index contributed by atoms with van der Waals surface area (Å²) in [5, 5.41) is 17.5. The maximum absolute atomic E-state index is 12.6. The van der Waals surface area contributed by atoms with Crippen molar-refractivity contribution in [1.82, 2.24) is 4.98 Å². The van der Waals surface area contributed by atoms with Crippen LogP contribution in [0.2, 0.25) is 0 Å². The average Bonchev–Trinajstić information content (AvgIpc) is 2.28. The zero-order valence-corrected chi connectivity index (χ0v) is 9.63. The van der Waals surface area contributed by atoms with Gasteiger partial charge in [0.1, 0.15) is 6.07 Å². The Morgan fingerprint density at radius 1 is 1.38 bits per heavy atom. The number of pyridine rings is 1. The fourth-order valence-electron chi connectivity index (χ4n) is 1.21. The molecule has 0 amide bonds. The van der Waals surface area contributed by atoms with Crippen molar-refractivity contribution in [3.05, 3.63) is 28.6 Å². The standard InChI is InChI=1S/C10H6BrF2N3/c11-4-9-6(5-15)3-7(10(12)13)8(16-9)1-2-14/h3,10H,1,4H2. The third kappa shape index (κ3) is 2.53. The van der Waals surface area contributed by atoms with Crippen LogP contribution < -0.4 is 0 Å². The quantitative estimate of drug-likeness (QED) is 0.803. The number of nitriles is 2. The molecule has 0 spiro atoms. The van der Waals surface area contributed by atoms with E-state index in [1.807, 2.05) is 0 Å². The third-order valence-corrected chi connectivity index (χ3v) is 2.47. The van der Waals surface area contributed by atoms with Crippen molar-refractivity contribution < 1.29 is 8.78 Å². The zero-order chi connectivity index (χ0) is 12.1. The molecule has 0 N–H and O–H groups in total. The van der Waals surface area contributed by atoms with Gasteiger partial charge in [-0.15, -0.1) is 0 Å². The topological polar surface area (TPSA) is 60.5 Å². The predicted octanol–water partition coefficient (Wildman–Crippen LogP) is 2.85. The first-order valence-corrected chi connectivity index (χ1v) is 5.40. The highest BCUT2D eigenvalue weighted by molar-refractivity contribution is 9.08. The highest BCUT2D eigenvalue weighted by Crippen LogP contribution is 2.25. The van der Waals surface area contributed by atoms with Crippen molar-refractivity contribution in [2.75, 3.05) is 0 Å². The summed E-state index contributed by atoms with van der Waals surface area (Å²) in [5.41, 5.74) is 0.166. The Hall–Kier alpha value is -1.53. The lowest BCUT2D eigenvalue weighted by molar-refractivity contribution is 0.150. The van der Waals surface area contributed by atoms with E-state index in [1.165, 1.54) is 0 Å². The molecule has 0 atom stereocenters. The summed E-state index contributed by atoms with van der Waals surface area (Å²) in [4.78, 5) is 3.90. The molecular weight excluding hydrogens is 280 g/mol. The van der Waals surface area contributed by atoms with Gasteiger partial charge in [0, 0.05) is 10.9 Å². The average molecular weight is 286 g/mol. The van der Waals surface area contributed by atoms with Crippen LogP contribution >= 0.6 is 15.9 Å². The van der Waals surface area contributed by atoms with Crippen molar-refractivity contribution in [3.63, 3.8) is 0 Å². The molecule has 0 fully saturated rings. The molecule has 0 saturated carbocycles.